The molecule has 290 valence electrons. The van der Waals surface area contributed by atoms with Gasteiger partial charge >= 0.3 is 17.9 Å². The van der Waals surface area contributed by atoms with Crippen LogP contribution in [0.15, 0.2) is 72.3 Å². The van der Waals surface area contributed by atoms with Crippen molar-refractivity contribution in [1.29, 1.82) is 0 Å². The van der Waals surface area contributed by atoms with Crippen molar-refractivity contribution in [2.45, 2.75) is 94.5 Å². The molecule has 0 N–H and O–H groups in total. The Morgan fingerprint density at radius 3 is 2.46 bits per heavy atom. The summed E-state index contributed by atoms with van der Waals surface area (Å²) in [6.07, 6.45) is 12.4. The van der Waals surface area contributed by atoms with Crippen LogP contribution in [0.25, 0.3) is 0 Å². The molecular weight excluding hydrogens is 725 g/mol. The van der Waals surface area contributed by atoms with E-state index >= 15 is 0 Å². The zero-order valence-electron chi connectivity index (χ0n) is 31.9. The summed E-state index contributed by atoms with van der Waals surface area (Å²) in [5.41, 5.74) is 0.0510. The summed E-state index contributed by atoms with van der Waals surface area (Å²) in [5.74, 6) is 2.48. The number of esters is 3. The molecule has 2 unspecified atom stereocenters. The molecule has 3 aromatic rings. The Bertz CT molecular complexity index is 2430. The quantitative estimate of drug-likeness (QED) is 0.0846. The molecule has 0 bridgehead atoms. The standard InChI is InChI=1S/C47H42O10/c1-4-5-20-52-28-10-12-33-36(23-28)54-37-24-29(11-13-34(37)46(33)32-9-7-6-8-30(32)42(51)57-46)53-41(50)31-22-26-21-27(48)14-17-43(26,2)47-38(55-47)25-44(3)35(40(31)47)15-18-45(44)19-16-39(49)56-45/h1,6-13,21,23-24,31,35,38,40H,5,14-20,22,25H2,2-3H3/t31-,35+,38-,40+,43+,44+,45-,46?,47?/m1/s1. The Morgan fingerprint density at radius 1 is 0.912 bits per heavy atom. The van der Waals surface area contributed by atoms with E-state index < -0.39 is 40.1 Å². The molecule has 3 saturated carbocycles. The lowest BCUT2D eigenvalue weighted by atomic mass is 9.43. The first kappa shape index (κ1) is 34.8. The average molecular weight is 767 g/mol. The number of carbonyl (C=O) groups is 4. The van der Waals surface area contributed by atoms with Gasteiger partial charge in [-0.3, -0.25) is 14.4 Å². The largest absolute Gasteiger partial charge is 0.492 e. The molecule has 10 nitrogen and oxygen atoms in total. The minimum atomic E-state index is -1.32. The lowest BCUT2D eigenvalue weighted by Gasteiger charge is -2.58. The third-order valence-corrected chi connectivity index (χ3v) is 15.4. The molecule has 4 aliphatic carbocycles. The Morgan fingerprint density at radius 2 is 1.68 bits per heavy atom. The van der Waals surface area contributed by atoms with Gasteiger partial charge in [0.2, 0.25) is 0 Å². The van der Waals surface area contributed by atoms with E-state index in [1.165, 1.54) is 0 Å². The first-order valence-electron chi connectivity index (χ1n) is 20.2. The second kappa shape index (κ2) is 11.6. The number of carbonyl (C=O) groups excluding carboxylic acids is 4. The van der Waals surface area contributed by atoms with Crippen molar-refractivity contribution in [1.82, 2.24) is 0 Å². The number of terminal acetylenes is 1. The van der Waals surface area contributed by atoms with Gasteiger partial charge in [0, 0.05) is 64.8 Å². The van der Waals surface area contributed by atoms with Crippen molar-refractivity contribution >= 4 is 23.7 Å². The number of ether oxygens (including phenoxy) is 6. The maximum absolute atomic E-state index is 14.9. The average Bonchev–Trinajstić information content (AvgIpc) is 3.52. The molecule has 0 aromatic heterocycles. The minimum absolute atomic E-state index is 0.0492. The summed E-state index contributed by atoms with van der Waals surface area (Å²) in [6, 6.07) is 17.9. The van der Waals surface area contributed by atoms with Crippen LogP contribution < -0.4 is 14.2 Å². The number of rotatable bonds is 5. The smallest absolute Gasteiger partial charge is 0.340 e. The molecule has 2 saturated heterocycles. The highest BCUT2D eigenvalue weighted by Crippen LogP contribution is 2.78. The van der Waals surface area contributed by atoms with Crippen molar-refractivity contribution in [3.05, 3.63) is 94.6 Å². The Labute approximate surface area is 330 Å². The third kappa shape index (κ3) is 4.41. The second-order valence-corrected chi connectivity index (χ2v) is 17.7. The van der Waals surface area contributed by atoms with Gasteiger partial charge in [-0.05, 0) is 80.9 Å². The van der Waals surface area contributed by atoms with Crippen molar-refractivity contribution < 1.29 is 47.6 Å². The maximum Gasteiger partial charge on any atom is 0.340 e. The fourth-order valence-corrected chi connectivity index (χ4v) is 12.7. The van der Waals surface area contributed by atoms with Gasteiger partial charge in [0.05, 0.1) is 24.2 Å². The van der Waals surface area contributed by atoms with E-state index in [1.54, 1.807) is 48.5 Å². The van der Waals surface area contributed by atoms with Gasteiger partial charge in [0.1, 0.15) is 34.2 Å². The molecule has 8 aliphatic rings. The predicted molar refractivity (Wildman–Crippen MR) is 202 cm³/mol. The van der Waals surface area contributed by atoms with E-state index in [2.05, 4.69) is 19.8 Å². The van der Waals surface area contributed by atoms with Gasteiger partial charge in [-0.25, -0.2) is 4.79 Å². The summed E-state index contributed by atoms with van der Waals surface area (Å²) in [4.78, 5) is 53.9. The van der Waals surface area contributed by atoms with Crippen molar-refractivity contribution in [3.8, 4) is 35.3 Å². The molecule has 3 spiro atoms. The summed E-state index contributed by atoms with van der Waals surface area (Å²) in [5, 5.41) is 0. The molecule has 4 heterocycles. The van der Waals surface area contributed by atoms with Gasteiger partial charge in [0.15, 0.2) is 11.4 Å². The number of hydrogen-bond acceptors (Lipinski definition) is 10. The van der Waals surface area contributed by atoms with Gasteiger partial charge in [-0.2, -0.15) is 0 Å². The van der Waals surface area contributed by atoms with E-state index in [-0.39, 0.29) is 40.9 Å². The van der Waals surface area contributed by atoms with E-state index in [0.29, 0.717) is 84.6 Å². The molecule has 4 aliphatic heterocycles. The summed E-state index contributed by atoms with van der Waals surface area (Å²) < 4.78 is 38.3. The highest BCUT2D eigenvalue weighted by molar-refractivity contribution is 5.97. The van der Waals surface area contributed by atoms with Gasteiger partial charge in [0.25, 0.3) is 0 Å². The minimum Gasteiger partial charge on any atom is -0.492 e. The number of epoxide rings is 1. The molecule has 9 atom stereocenters. The molecule has 5 fully saturated rings. The van der Waals surface area contributed by atoms with Crippen LogP contribution in [0.3, 0.4) is 0 Å². The molecule has 57 heavy (non-hydrogen) atoms. The number of ketones is 1. The maximum atomic E-state index is 14.9. The fourth-order valence-electron chi connectivity index (χ4n) is 12.7. The highest BCUT2D eigenvalue weighted by Gasteiger charge is 2.83. The second-order valence-electron chi connectivity index (χ2n) is 17.7. The van der Waals surface area contributed by atoms with Crippen molar-refractivity contribution in [2.24, 2.45) is 28.6 Å². The Balaban J connectivity index is 0.975. The summed E-state index contributed by atoms with van der Waals surface area (Å²) in [6.45, 7) is 4.78. The van der Waals surface area contributed by atoms with Crippen molar-refractivity contribution in [3.63, 3.8) is 0 Å². The van der Waals surface area contributed by atoms with Crippen LogP contribution in [0.1, 0.15) is 98.7 Å². The first-order valence-corrected chi connectivity index (χ1v) is 20.2. The summed E-state index contributed by atoms with van der Waals surface area (Å²) in [7, 11) is 0. The monoisotopic (exact) mass is 766 g/mol. The third-order valence-electron chi connectivity index (χ3n) is 15.4. The number of benzene rings is 3. The zero-order chi connectivity index (χ0) is 39.1. The van der Waals surface area contributed by atoms with Crippen LogP contribution in [0.2, 0.25) is 0 Å². The molecule has 0 amide bonds. The summed E-state index contributed by atoms with van der Waals surface area (Å²) >= 11 is 0. The van der Waals surface area contributed by atoms with Gasteiger partial charge < -0.3 is 28.4 Å². The van der Waals surface area contributed by atoms with Crippen LogP contribution in [0.4, 0.5) is 0 Å². The van der Waals surface area contributed by atoms with Crippen LogP contribution >= 0.6 is 0 Å². The highest BCUT2D eigenvalue weighted by atomic mass is 16.6. The molecule has 0 radical (unpaired) electrons. The van der Waals surface area contributed by atoms with Crippen LogP contribution in [-0.2, 0) is 34.2 Å². The normalized spacial score (nSPS) is 37.1. The topological polar surface area (TPSA) is 127 Å². The molecule has 11 rings (SSSR count). The van der Waals surface area contributed by atoms with Crippen LogP contribution in [0.5, 0.6) is 23.0 Å². The van der Waals surface area contributed by atoms with Crippen LogP contribution in [0, 0.1) is 40.9 Å². The van der Waals surface area contributed by atoms with E-state index in [4.69, 9.17) is 34.8 Å². The molecular formula is C47H42O10. The zero-order valence-corrected chi connectivity index (χ0v) is 31.9. The van der Waals surface area contributed by atoms with Crippen molar-refractivity contribution in [2.75, 3.05) is 6.61 Å². The van der Waals surface area contributed by atoms with Gasteiger partial charge in [-0.1, -0.05) is 37.6 Å². The predicted octanol–water partition coefficient (Wildman–Crippen LogP) is 7.53. The Kier molecular flexibility index (Phi) is 7.08. The Hall–Kier alpha value is -5.40. The SMILES string of the molecule is C#CCCOc1ccc2c(c1)Oc1cc(OC(=O)[C@@H]3CC4=CC(=O)CC[C@]4(C)C45O[C@@H]4C[C@@]4(C)[C@@H](CC[C@@]46CCC(=O)O6)[C@H]35)ccc1C21OC(=O)c2ccccc21. The van der Waals surface area contributed by atoms with Gasteiger partial charge in [-0.15, -0.1) is 12.3 Å². The number of hydrogen-bond donors (Lipinski definition) is 0. The first-order chi connectivity index (χ1) is 27.5. The fraction of sp³-hybridized carbons (Fsp3) is 0.447. The van der Waals surface area contributed by atoms with E-state index in [9.17, 15) is 19.2 Å². The van der Waals surface area contributed by atoms with Crippen LogP contribution in [-0.4, -0.2) is 47.6 Å². The molecule has 3 aromatic carbocycles. The number of fused-ring (bicyclic) bond motifs is 10. The lowest BCUT2D eigenvalue weighted by Crippen LogP contribution is -2.63. The van der Waals surface area contributed by atoms with E-state index in [1.807, 2.05) is 18.2 Å². The molecule has 10 heteroatoms. The lowest BCUT2D eigenvalue weighted by molar-refractivity contribution is -0.170. The van der Waals surface area contributed by atoms with E-state index in [0.717, 1.165) is 24.8 Å².